The second-order valence-electron chi connectivity index (χ2n) is 4.50. The van der Waals surface area contributed by atoms with Gasteiger partial charge in [-0.1, -0.05) is 11.6 Å². The normalized spacial score (nSPS) is 11.3. The molecule has 0 spiro atoms. The number of halogens is 1. The number of nitrogens with one attached hydrogen (secondary N) is 1. The van der Waals surface area contributed by atoms with Crippen molar-refractivity contribution in [3.8, 4) is 17.2 Å². The number of benzene rings is 2. The van der Waals surface area contributed by atoms with Crippen LogP contribution in [-0.2, 0) is 0 Å². The maximum atomic E-state index is 11.9. The molecule has 0 atom stereocenters. The van der Waals surface area contributed by atoms with Crippen LogP contribution in [0.5, 0.6) is 17.2 Å². The Morgan fingerprint density at radius 3 is 2.41 bits per heavy atom. The van der Waals surface area contributed by atoms with Gasteiger partial charge in [-0.3, -0.25) is 4.79 Å². The summed E-state index contributed by atoms with van der Waals surface area (Å²) < 4.78 is 0. The van der Waals surface area contributed by atoms with Crippen molar-refractivity contribution in [3.63, 3.8) is 0 Å². The topological polar surface area (TPSA) is 102 Å². The van der Waals surface area contributed by atoms with Gasteiger partial charge in [0.05, 0.1) is 11.3 Å². The molecule has 0 unspecified atom stereocenters. The number of carbonyl (C=O) groups is 1. The van der Waals surface area contributed by atoms with Crippen LogP contribution in [-0.4, -0.2) is 26.9 Å². The quantitative estimate of drug-likeness (QED) is 0.396. The monoisotopic (exact) mass is 320 g/mol. The molecule has 0 aliphatic carbocycles. The van der Waals surface area contributed by atoms with Gasteiger partial charge in [0, 0.05) is 10.6 Å². The van der Waals surface area contributed by atoms with Crippen LogP contribution >= 0.6 is 11.6 Å². The summed E-state index contributed by atoms with van der Waals surface area (Å²) in [6, 6.07) is 8.02. The molecule has 6 nitrogen and oxygen atoms in total. The lowest BCUT2D eigenvalue weighted by Gasteiger charge is -2.07. The van der Waals surface area contributed by atoms with E-state index in [2.05, 4.69) is 10.5 Å². The van der Waals surface area contributed by atoms with Crippen LogP contribution in [0.15, 0.2) is 41.5 Å². The summed E-state index contributed by atoms with van der Waals surface area (Å²) >= 11 is 5.84. The minimum atomic E-state index is -0.700. The van der Waals surface area contributed by atoms with Gasteiger partial charge in [-0.25, -0.2) is 5.43 Å². The predicted molar refractivity (Wildman–Crippen MR) is 82.6 cm³/mol. The fraction of sp³-hybridized carbons (Fsp3) is 0.0667. The van der Waals surface area contributed by atoms with Crippen molar-refractivity contribution in [1.29, 1.82) is 0 Å². The third-order valence-corrected chi connectivity index (χ3v) is 3.13. The molecule has 4 N–H and O–H groups in total. The van der Waals surface area contributed by atoms with Gasteiger partial charge < -0.3 is 15.3 Å². The first-order valence-electron chi connectivity index (χ1n) is 6.24. The molecule has 0 aliphatic heterocycles. The summed E-state index contributed by atoms with van der Waals surface area (Å²) in [6.45, 7) is 1.58. The first kappa shape index (κ1) is 15.7. The maximum Gasteiger partial charge on any atom is 0.275 e. The van der Waals surface area contributed by atoms with Crippen molar-refractivity contribution in [2.24, 2.45) is 5.10 Å². The second kappa shape index (κ2) is 6.36. The molecule has 7 heteroatoms. The van der Waals surface area contributed by atoms with Crippen LogP contribution in [0.3, 0.4) is 0 Å². The Bertz CT molecular complexity index is 759. The Morgan fingerprint density at radius 1 is 1.05 bits per heavy atom. The molecule has 2 aromatic rings. The first-order valence-corrected chi connectivity index (χ1v) is 6.62. The SMILES string of the molecule is C/C(=N\NC(=O)c1cc(O)ccc1O)c1cc(Cl)ccc1O. The van der Waals surface area contributed by atoms with E-state index in [1.54, 1.807) is 6.92 Å². The smallest absolute Gasteiger partial charge is 0.275 e. The lowest BCUT2D eigenvalue weighted by molar-refractivity contribution is 0.0951. The van der Waals surface area contributed by atoms with Gasteiger partial charge in [0.15, 0.2) is 0 Å². The van der Waals surface area contributed by atoms with Crippen molar-refractivity contribution in [1.82, 2.24) is 5.43 Å². The average Bonchev–Trinajstić information content (AvgIpc) is 2.49. The van der Waals surface area contributed by atoms with Crippen LogP contribution in [0.4, 0.5) is 0 Å². The number of hydrazone groups is 1. The van der Waals surface area contributed by atoms with Gasteiger partial charge in [-0.05, 0) is 43.3 Å². The minimum Gasteiger partial charge on any atom is -0.508 e. The van der Waals surface area contributed by atoms with Crippen LogP contribution in [0.25, 0.3) is 0 Å². The van der Waals surface area contributed by atoms with Crippen molar-refractivity contribution in [2.75, 3.05) is 0 Å². The Hall–Kier alpha value is -2.73. The van der Waals surface area contributed by atoms with E-state index < -0.39 is 5.91 Å². The highest BCUT2D eigenvalue weighted by atomic mass is 35.5. The highest BCUT2D eigenvalue weighted by Crippen LogP contribution is 2.23. The number of nitrogens with zero attached hydrogens (tertiary/aromatic N) is 1. The third-order valence-electron chi connectivity index (χ3n) is 2.90. The van der Waals surface area contributed by atoms with Gasteiger partial charge in [0.2, 0.25) is 0 Å². The summed E-state index contributed by atoms with van der Waals surface area (Å²) in [6.07, 6.45) is 0. The van der Waals surface area contributed by atoms with Crippen molar-refractivity contribution in [3.05, 3.63) is 52.5 Å². The Labute approximate surface area is 131 Å². The predicted octanol–water partition coefficient (Wildman–Crippen LogP) is 2.61. The van der Waals surface area contributed by atoms with E-state index in [0.717, 1.165) is 6.07 Å². The summed E-state index contributed by atoms with van der Waals surface area (Å²) in [7, 11) is 0. The molecular formula is C15H13ClN2O4. The van der Waals surface area contributed by atoms with E-state index in [1.165, 1.54) is 30.3 Å². The molecule has 0 heterocycles. The van der Waals surface area contributed by atoms with Crippen LogP contribution in [0.2, 0.25) is 5.02 Å². The minimum absolute atomic E-state index is 0.0277. The molecule has 22 heavy (non-hydrogen) atoms. The number of carbonyl (C=O) groups excluding carboxylic acids is 1. The molecular weight excluding hydrogens is 308 g/mol. The first-order chi connectivity index (χ1) is 10.4. The number of amides is 1. The van der Waals surface area contributed by atoms with Crippen molar-refractivity contribution in [2.45, 2.75) is 6.92 Å². The van der Waals surface area contributed by atoms with Gasteiger partial charge in [0.25, 0.3) is 5.91 Å². The number of phenols is 3. The zero-order valence-corrected chi connectivity index (χ0v) is 12.3. The number of rotatable bonds is 3. The second-order valence-corrected chi connectivity index (χ2v) is 4.94. The molecule has 0 bridgehead atoms. The summed E-state index contributed by atoms with van der Waals surface area (Å²) in [4.78, 5) is 11.9. The van der Waals surface area contributed by atoms with E-state index in [-0.39, 0.29) is 22.8 Å². The molecule has 0 radical (unpaired) electrons. The standard InChI is InChI=1S/C15H13ClN2O4/c1-8(11-6-9(16)2-4-13(11)20)17-18-15(22)12-7-10(19)3-5-14(12)21/h2-7,19-21H,1H3,(H,18,22)/b17-8+. The van der Waals surface area contributed by atoms with E-state index >= 15 is 0 Å². The zero-order chi connectivity index (χ0) is 16.3. The molecule has 0 saturated carbocycles. The Kier molecular flexibility index (Phi) is 4.53. The molecule has 0 saturated heterocycles. The maximum absolute atomic E-state index is 11.9. The zero-order valence-electron chi connectivity index (χ0n) is 11.5. The molecule has 0 aliphatic rings. The number of hydrogen-bond acceptors (Lipinski definition) is 5. The van der Waals surface area contributed by atoms with Crippen molar-refractivity contribution < 1.29 is 20.1 Å². The van der Waals surface area contributed by atoms with Crippen molar-refractivity contribution >= 4 is 23.2 Å². The molecule has 114 valence electrons. The van der Waals surface area contributed by atoms with E-state index in [1.807, 2.05) is 0 Å². The van der Waals surface area contributed by atoms with E-state index in [0.29, 0.717) is 16.3 Å². The molecule has 2 aromatic carbocycles. The van der Waals surface area contributed by atoms with Gasteiger partial charge in [-0.15, -0.1) is 0 Å². The lowest BCUT2D eigenvalue weighted by Crippen LogP contribution is -2.19. The summed E-state index contributed by atoms with van der Waals surface area (Å²) in [5, 5.41) is 32.9. The highest BCUT2D eigenvalue weighted by molar-refractivity contribution is 6.31. The van der Waals surface area contributed by atoms with Crippen LogP contribution in [0.1, 0.15) is 22.8 Å². The summed E-state index contributed by atoms with van der Waals surface area (Å²) in [5.74, 6) is -1.17. The van der Waals surface area contributed by atoms with E-state index in [4.69, 9.17) is 11.6 Å². The molecule has 0 aromatic heterocycles. The Morgan fingerprint density at radius 2 is 1.68 bits per heavy atom. The largest absolute Gasteiger partial charge is 0.508 e. The third kappa shape index (κ3) is 3.48. The lowest BCUT2D eigenvalue weighted by atomic mass is 10.1. The fourth-order valence-electron chi connectivity index (χ4n) is 1.76. The highest BCUT2D eigenvalue weighted by Gasteiger charge is 2.12. The average molecular weight is 321 g/mol. The molecule has 0 fully saturated rings. The van der Waals surface area contributed by atoms with Gasteiger partial charge in [0.1, 0.15) is 17.2 Å². The van der Waals surface area contributed by atoms with Crippen LogP contribution < -0.4 is 5.43 Å². The number of aromatic hydroxyl groups is 3. The summed E-state index contributed by atoms with van der Waals surface area (Å²) in [5.41, 5.74) is 2.81. The van der Waals surface area contributed by atoms with Gasteiger partial charge in [-0.2, -0.15) is 5.10 Å². The van der Waals surface area contributed by atoms with E-state index in [9.17, 15) is 20.1 Å². The fourth-order valence-corrected chi connectivity index (χ4v) is 1.93. The molecule has 2 rings (SSSR count). The Balaban J connectivity index is 2.22. The van der Waals surface area contributed by atoms with Crippen LogP contribution in [0, 0.1) is 0 Å². The van der Waals surface area contributed by atoms with Gasteiger partial charge >= 0.3 is 0 Å². The number of phenolic OH excluding ortho intramolecular Hbond substituents is 3. The molecule has 1 amide bonds. The number of hydrogen-bond donors (Lipinski definition) is 4.